The SMILES string of the molecule is CCNc1nc(NCC2CCS(=O)(=O)C2)c2cn[nH]c2n1. The Morgan fingerprint density at radius 1 is 1.38 bits per heavy atom. The van der Waals surface area contributed by atoms with Crippen molar-refractivity contribution in [3.63, 3.8) is 0 Å². The molecule has 0 aromatic carbocycles. The molecule has 114 valence electrons. The van der Waals surface area contributed by atoms with Crippen LogP contribution in [0.15, 0.2) is 6.20 Å². The number of rotatable bonds is 5. The first-order valence-corrected chi connectivity index (χ1v) is 8.79. The van der Waals surface area contributed by atoms with Gasteiger partial charge in [0.2, 0.25) is 5.95 Å². The van der Waals surface area contributed by atoms with E-state index < -0.39 is 9.84 Å². The molecule has 21 heavy (non-hydrogen) atoms. The Morgan fingerprint density at radius 2 is 2.24 bits per heavy atom. The van der Waals surface area contributed by atoms with Gasteiger partial charge in [-0.15, -0.1) is 0 Å². The molecule has 2 aromatic heterocycles. The summed E-state index contributed by atoms with van der Waals surface area (Å²) in [6.45, 7) is 3.28. The summed E-state index contributed by atoms with van der Waals surface area (Å²) < 4.78 is 23.0. The number of hydrogen-bond acceptors (Lipinski definition) is 7. The maximum Gasteiger partial charge on any atom is 0.226 e. The van der Waals surface area contributed by atoms with Gasteiger partial charge in [0, 0.05) is 13.1 Å². The predicted octanol–water partition coefficient (Wildman–Crippen LogP) is 0.631. The Balaban J connectivity index is 1.78. The molecule has 0 radical (unpaired) electrons. The summed E-state index contributed by atoms with van der Waals surface area (Å²) in [4.78, 5) is 8.73. The lowest BCUT2D eigenvalue weighted by Crippen LogP contribution is -2.17. The molecular weight excluding hydrogens is 292 g/mol. The molecule has 0 saturated carbocycles. The molecule has 2 aromatic rings. The van der Waals surface area contributed by atoms with Crippen LogP contribution in [-0.4, -0.2) is 53.2 Å². The van der Waals surface area contributed by atoms with Gasteiger partial charge in [0.25, 0.3) is 0 Å². The highest BCUT2D eigenvalue weighted by molar-refractivity contribution is 7.91. The van der Waals surface area contributed by atoms with E-state index in [1.807, 2.05) is 6.92 Å². The van der Waals surface area contributed by atoms with Gasteiger partial charge < -0.3 is 10.6 Å². The summed E-state index contributed by atoms with van der Waals surface area (Å²) >= 11 is 0. The molecular formula is C12H18N6O2S. The maximum atomic E-state index is 11.5. The van der Waals surface area contributed by atoms with Crippen molar-refractivity contribution in [2.75, 3.05) is 35.2 Å². The second kappa shape index (κ2) is 5.47. The minimum absolute atomic E-state index is 0.134. The van der Waals surface area contributed by atoms with Gasteiger partial charge in [-0.25, -0.2) is 8.42 Å². The van der Waals surface area contributed by atoms with Crippen LogP contribution in [0.1, 0.15) is 13.3 Å². The molecule has 8 nitrogen and oxygen atoms in total. The number of nitrogens with one attached hydrogen (secondary N) is 3. The van der Waals surface area contributed by atoms with Crippen LogP contribution in [-0.2, 0) is 9.84 Å². The Bertz CT molecular complexity index is 741. The van der Waals surface area contributed by atoms with Gasteiger partial charge in [-0.05, 0) is 19.3 Å². The van der Waals surface area contributed by atoms with Crippen molar-refractivity contribution in [2.24, 2.45) is 5.92 Å². The van der Waals surface area contributed by atoms with Crippen LogP contribution in [0, 0.1) is 5.92 Å². The van der Waals surface area contributed by atoms with E-state index in [-0.39, 0.29) is 17.4 Å². The van der Waals surface area contributed by atoms with E-state index in [0.717, 1.165) is 11.9 Å². The van der Waals surface area contributed by atoms with Crippen molar-refractivity contribution in [2.45, 2.75) is 13.3 Å². The van der Waals surface area contributed by atoms with E-state index in [0.29, 0.717) is 30.4 Å². The number of sulfone groups is 1. The van der Waals surface area contributed by atoms with Crippen molar-refractivity contribution >= 4 is 32.6 Å². The Hall–Kier alpha value is -1.90. The van der Waals surface area contributed by atoms with E-state index in [9.17, 15) is 8.42 Å². The van der Waals surface area contributed by atoms with Crippen molar-refractivity contribution in [1.29, 1.82) is 0 Å². The van der Waals surface area contributed by atoms with Gasteiger partial charge in [-0.1, -0.05) is 0 Å². The number of aromatic nitrogens is 4. The van der Waals surface area contributed by atoms with Crippen molar-refractivity contribution < 1.29 is 8.42 Å². The third-order valence-corrected chi connectivity index (χ3v) is 5.37. The molecule has 3 N–H and O–H groups in total. The molecule has 0 amide bonds. The van der Waals surface area contributed by atoms with E-state index in [4.69, 9.17) is 0 Å². The normalized spacial score (nSPS) is 20.7. The zero-order valence-electron chi connectivity index (χ0n) is 11.8. The van der Waals surface area contributed by atoms with E-state index in [2.05, 4.69) is 30.8 Å². The third kappa shape index (κ3) is 3.07. The highest BCUT2D eigenvalue weighted by atomic mass is 32.2. The molecule has 1 saturated heterocycles. The fraction of sp³-hybridized carbons (Fsp3) is 0.583. The van der Waals surface area contributed by atoms with Gasteiger partial charge >= 0.3 is 0 Å². The van der Waals surface area contributed by atoms with Gasteiger partial charge in [0.15, 0.2) is 15.5 Å². The van der Waals surface area contributed by atoms with Gasteiger partial charge in [-0.3, -0.25) is 5.10 Å². The zero-order valence-corrected chi connectivity index (χ0v) is 12.6. The molecule has 3 rings (SSSR count). The number of nitrogens with zero attached hydrogens (tertiary/aromatic N) is 3. The molecule has 1 aliphatic rings. The molecule has 0 spiro atoms. The van der Waals surface area contributed by atoms with Gasteiger partial charge in [0.1, 0.15) is 5.82 Å². The predicted molar refractivity (Wildman–Crippen MR) is 81.1 cm³/mol. The van der Waals surface area contributed by atoms with E-state index >= 15 is 0 Å². The molecule has 3 heterocycles. The number of hydrogen-bond donors (Lipinski definition) is 3. The molecule has 9 heteroatoms. The number of aromatic amines is 1. The lowest BCUT2D eigenvalue weighted by atomic mass is 10.1. The van der Waals surface area contributed by atoms with Crippen molar-refractivity contribution in [3.05, 3.63) is 6.20 Å². The fourth-order valence-corrected chi connectivity index (χ4v) is 4.34. The van der Waals surface area contributed by atoms with Gasteiger partial charge in [-0.2, -0.15) is 15.1 Å². The highest BCUT2D eigenvalue weighted by Gasteiger charge is 2.27. The lowest BCUT2D eigenvalue weighted by Gasteiger charge is -2.12. The topological polar surface area (TPSA) is 113 Å². The first kappa shape index (κ1) is 14.1. The summed E-state index contributed by atoms with van der Waals surface area (Å²) in [5, 5.41) is 13.9. The third-order valence-electron chi connectivity index (χ3n) is 3.53. The summed E-state index contributed by atoms with van der Waals surface area (Å²) in [6.07, 6.45) is 2.37. The summed E-state index contributed by atoms with van der Waals surface area (Å²) in [7, 11) is -2.85. The average molecular weight is 310 g/mol. The molecule has 1 aliphatic heterocycles. The summed E-state index contributed by atoms with van der Waals surface area (Å²) in [6, 6.07) is 0. The fourth-order valence-electron chi connectivity index (χ4n) is 2.48. The maximum absolute atomic E-state index is 11.5. The van der Waals surface area contributed by atoms with Crippen LogP contribution in [0.25, 0.3) is 11.0 Å². The van der Waals surface area contributed by atoms with Gasteiger partial charge in [0.05, 0.1) is 23.1 Å². The average Bonchev–Trinajstić information content (AvgIpc) is 3.02. The van der Waals surface area contributed by atoms with Crippen LogP contribution < -0.4 is 10.6 Å². The Kier molecular flexibility index (Phi) is 3.66. The van der Waals surface area contributed by atoms with Crippen LogP contribution in [0.4, 0.5) is 11.8 Å². The minimum atomic E-state index is -2.85. The van der Waals surface area contributed by atoms with Crippen LogP contribution in [0.3, 0.4) is 0 Å². The standard InChI is InChI=1S/C12H18N6O2S/c1-2-13-12-16-10(9-6-15-18-11(9)17-12)14-5-8-3-4-21(19,20)7-8/h6,8H,2-5,7H2,1H3,(H3,13,14,15,16,17,18). The number of anilines is 2. The lowest BCUT2D eigenvalue weighted by molar-refractivity contribution is 0.596. The van der Waals surface area contributed by atoms with E-state index in [1.165, 1.54) is 0 Å². The molecule has 1 atom stereocenters. The first-order chi connectivity index (χ1) is 10.1. The monoisotopic (exact) mass is 310 g/mol. The molecule has 1 fully saturated rings. The van der Waals surface area contributed by atoms with E-state index in [1.54, 1.807) is 6.20 Å². The summed E-state index contributed by atoms with van der Waals surface area (Å²) in [5.74, 6) is 1.87. The van der Waals surface area contributed by atoms with Crippen molar-refractivity contribution in [3.8, 4) is 0 Å². The number of H-pyrrole nitrogens is 1. The first-order valence-electron chi connectivity index (χ1n) is 6.96. The number of fused-ring (bicyclic) bond motifs is 1. The molecule has 0 aliphatic carbocycles. The highest BCUT2D eigenvalue weighted by Crippen LogP contribution is 2.23. The molecule has 1 unspecified atom stereocenters. The second-order valence-electron chi connectivity index (χ2n) is 5.21. The Labute approximate surface area is 122 Å². The zero-order chi connectivity index (χ0) is 14.9. The largest absolute Gasteiger partial charge is 0.369 e. The van der Waals surface area contributed by atoms with Crippen LogP contribution in [0.2, 0.25) is 0 Å². The van der Waals surface area contributed by atoms with Crippen molar-refractivity contribution in [1.82, 2.24) is 20.2 Å². The van der Waals surface area contributed by atoms with Crippen LogP contribution in [0.5, 0.6) is 0 Å². The quantitative estimate of drug-likeness (QED) is 0.742. The van der Waals surface area contributed by atoms with Crippen LogP contribution >= 0.6 is 0 Å². The second-order valence-corrected chi connectivity index (χ2v) is 7.44. The molecule has 0 bridgehead atoms. The smallest absolute Gasteiger partial charge is 0.226 e. The Morgan fingerprint density at radius 3 is 2.95 bits per heavy atom. The minimum Gasteiger partial charge on any atom is -0.369 e. The summed E-state index contributed by atoms with van der Waals surface area (Å²) in [5.41, 5.74) is 0.655.